The Morgan fingerprint density at radius 3 is 2.60 bits per heavy atom. The highest BCUT2D eigenvalue weighted by Crippen LogP contribution is 2.28. The quantitative estimate of drug-likeness (QED) is 0.790. The van der Waals surface area contributed by atoms with Crippen LogP contribution in [0.15, 0.2) is 29.4 Å². The Hall–Kier alpha value is -2.03. The van der Waals surface area contributed by atoms with Gasteiger partial charge in [-0.15, -0.1) is 10.2 Å². The van der Waals surface area contributed by atoms with Gasteiger partial charge in [-0.1, -0.05) is 36.0 Å². The van der Waals surface area contributed by atoms with E-state index in [1.807, 2.05) is 48.0 Å². The van der Waals surface area contributed by atoms with Crippen molar-refractivity contribution in [2.45, 2.75) is 43.9 Å². The summed E-state index contributed by atoms with van der Waals surface area (Å²) in [5, 5.41) is 9.97. The molecule has 136 valence electrons. The molecule has 1 aromatic heterocycles. The number of amides is 1. The van der Waals surface area contributed by atoms with Crippen molar-refractivity contribution in [2.75, 3.05) is 6.54 Å². The molecule has 0 fully saturated rings. The molecule has 1 amide bonds. The molecule has 2 rings (SSSR count). The second-order valence-electron chi connectivity index (χ2n) is 5.46. The van der Waals surface area contributed by atoms with Crippen LogP contribution in [-0.2, 0) is 11.3 Å². The first-order valence-electron chi connectivity index (χ1n) is 7.73. The average molecular weight is 372 g/mol. The van der Waals surface area contributed by atoms with E-state index in [2.05, 4.69) is 10.2 Å². The Labute approximate surface area is 148 Å². The number of carbonyl (C=O) groups is 1. The molecule has 0 spiro atoms. The maximum absolute atomic E-state index is 12.2. The van der Waals surface area contributed by atoms with E-state index in [0.29, 0.717) is 17.5 Å². The van der Waals surface area contributed by atoms with Crippen molar-refractivity contribution in [3.63, 3.8) is 0 Å². The standard InChI is InChI=1S/C16H19F3N4OS/c1-4-23-13(12-8-6-5-7-10(12)2)21-22-15(23)25-11(3)14(24)20-9-16(17,18)19/h5-8,11H,4,9H2,1-3H3,(H,20,24). The van der Waals surface area contributed by atoms with Crippen molar-refractivity contribution in [3.8, 4) is 11.4 Å². The summed E-state index contributed by atoms with van der Waals surface area (Å²) in [6.07, 6.45) is -4.43. The zero-order valence-corrected chi connectivity index (χ0v) is 14.9. The summed E-state index contributed by atoms with van der Waals surface area (Å²) in [6.45, 7) is 4.66. The molecule has 5 nitrogen and oxygen atoms in total. The highest BCUT2D eigenvalue weighted by atomic mass is 32.2. The molecular weight excluding hydrogens is 353 g/mol. The molecular formula is C16H19F3N4OS. The van der Waals surface area contributed by atoms with Gasteiger partial charge in [0.05, 0.1) is 5.25 Å². The molecule has 1 heterocycles. The van der Waals surface area contributed by atoms with E-state index in [1.54, 1.807) is 6.92 Å². The fourth-order valence-electron chi connectivity index (χ4n) is 2.23. The second-order valence-corrected chi connectivity index (χ2v) is 6.77. The Kier molecular flexibility index (Phi) is 6.10. The number of hydrogen-bond donors (Lipinski definition) is 1. The Morgan fingerprint density at radius 1 is 1.32 bits per heavy atom. The third-order valence-corrected chi connectivity index (χ3v) is 4.61. The molecule has 0 saturated heterocycles. The summed E-state index contributed by atoms with van der Waals surface area (Å²) in [5.74, 6) is -0.0172. The maximum Gasteiger partial charge on any atom is 0.405 e. The van der Waals surface area contributed by atoms with Crippen LogP contribution in [0.5, 0.6) is 0 Å². The number of aromatic nitrogens is 3. The van der Waals surface area contributed by atoms with Crippen LogP contribution in [0.3, 0.4) is 0 Å². The molecule has 0 saturated carbocycles. The second kappa shape index (κ2) is 7.90. The number of halogens is 3. The smallest absolute Gasteiger partial charge is 0.346 e. The van der Waals surface area contributed by atoms with Crippen LogP contribution in [0, 0.1) is 6.92 Å². The monoisotopic (exact) mass is 372 g/mol. The summed E-state index contributed by atoms with van der Waals surface area (Å²) in [4.78, 5) is 11.8. The van der Waals surface area contributed by atoms with E-state index in [9.17, 15) is 18.0 Å². The Bertz CT molecular complexity index is 745. The normalized spacial score (nSPS) is 12.9. The van der Waals surface area contributed by atoms with Crippen molar-refractivity contribution in [2.24, 2.45) is 0 Å². The third-order valence-electron chi connectivity index (χ3n) is 3.53. The maximum atomic E-state index is 12.2. The summed E-state index contributed by atoms with van der Waals surface area (Å²) >= 11 is 1.08. The minimum atomic E-state index is -4.43. The molecule has 1 aromatic carbocycles. The highest BCUT2D eigenvalue weighted by Gasteiger charge is 2.29. The molecule has 0 radical (unpaired) electrons. The number of nitrogens with one attached hydrogen (secondary N) is 1. The summed E-state index contributed by atoms with van der Waals surface area (Å²) in [5.41, 5.74) is 1.97. The lowest BCUT2D eigenvalue weighted by Gasteiger charge is -2.14. The van der Waals surface area contributed by atoms with Crippen molar-refractivity contribution in [3.05, 3.63) is 29.8 Å². The molecule has 2 aromatic rings. The largest absolute Gasteiger partial charge is 0.405 e. The van der Waals surface area contributed by atoms with E-state index in [0.717, 1.165) is 22.9 Å². The number of carbonyl (C=O) groups excluding carboxylic acids is 1. The molecule has 25 heavy (non-hydrogen) atoms. The van der Waals surface area contributed by atoms with Crippen LogP contribution in [-0.4, -0.2) is 38.6 Å². The van der Waals surface area contributed by atoms with Crippen LogP contribution in [0.2, 0.25) is 0 Å². The Morgan fingerprint density at radius 2 is 2.00 bits per heavy atom. The van der Waals surface area contributed by atoms with E-state index in [1.165, 1.54) is 0 Å². The van der Waals surface area contributed by atoms with Gasteiger partial charge in [-0.3, -0.25) is 4.79 Å². The van der Waals surface area contributed by atoms with Gasteiger partial charge in [0.15, 0.2) is 11.0 Å². The van der Waals surface area contributed by atoms with Gasteiger partial charge in [-0.05, 0) is 26.3 Å². The minimum Gasteiger partial charge on any atom is -0.346 e. The lowest BCUT2D eigenvalue weighted by atomic mass is 10.1. The SMILES string of the molecule is CCn1c(SC(C)C(=O)NCC(F)(F)F)nnc1-c1ccccc1C. The van der Waals surface area contributed by atoms with Crippen LogP contribution in [0.1, 0.15) is 19.4 Å². The van der Waals surface area contributed by atoms with Crippen LogP contribution in [0.25, 0.3) is 11.4 Å². The van der Waals surface area contributed by atoms with E-state index in [4.69, 9.17) is 0 Å². The molecule has 0 aliphatic carbocycles. The van der Waals surface area contributed by atoms with Gasteiger partial charge < -0.3 is 9.88 Å². The van der Waals surface area contributed by atoms with E-state index < -0.39 is 23.9 Å². The fraction of sp³-hybridized carbons (Fsp3) is 0.438. The summed E-state index contributed by atoms with van der Waals surface area (Å²) in [7, 11) is 0. The predicted octanol–water partition coefficient (Wildman–Crippen LogP) is 3.43. The minimum absolute atomic E-state index is 0.496. The van der Waals surface area contributed by atoms with Gasteiger partial charge in [-0.2, -0.15) is 13.2 Å². The lowest BCUT2D eigenvalue weighted by Crippen LogP contribution is -2.38. The number of alkyl halides is 3. The number of nitrogens with zero attached hydrogens (tertiary/aromatic N) is 3. The average Bonchev–Trinajstić information content (AvgIpc) is 2.94. The molecule has 0 aliphatic rings. The van der Waals surface area contributed by atoms with Gasteiger partial charge >= 0.3 is 6.18 Å². The first-order valence-corrected chi connectivity index (χ1v) is 8.61. The van der Waals surface area contributed by atoms with Crippen molar-refractivity contribution < 1.29 is 18.0 Å². The zero-order valence-electron chi connectivity index (χ0n) is 14.1. The van der Waals surface area contributed by atoms with Gasteiger partial charge in [0, 0.05) is 12.1 Å². The zero-order chi connectivity index (χ0) is 18.6. The summed E-state index contributed by atoms with van der Waals surface area (Å²) < 4.78 is 38.5. The molecule has 0 bridgehead atoms. The van der Waals surface area contributed by atoms with Gasteiger partial charge in [-0.25, -0.2) is 0 Å². The van der Waals surface area contributed by atoms with E-state index >= 15 is 0 Å². The number of rotatable bonds is 6. The van der Waals surface area contributed by atoms with Crippen LogP contribution >= 0.6 is 11.8 Å². The van der Waals surface area contributed by atoms with Gasteiger partial charge in [0.2, 0.25) is 5.91 Å². The molecule has 1 atom stereocenters. The molecule has 1 unspecified atom stereocenters. The number of hydrogen-bond acceptors (Lipinski definition) is 4. The Balaban J connectivity index is 2.16. The van der Waals surface area contributed by atoms with E-state index in [-0.39, 0.29) is 0 Å². The molecule has 1 N–H and O–H groups in total. The topological polar surface area (TPSA) is 59.8 Å². The predicted molar refractivity (Wildman–Crippen MR) is 90.3 cm³/mol. The van der Waals surface area contributed by atoms with Crippen molar-refractivity contribution in [1.82, 2.24) is 20.1 Å². The van der Waals surface area contributed by atoms with Crippen LogP contribution < -0.4 is 5.32 Å². The molecule has 0 aliphatic heterocycles. The van der Waals surface area contributed by atoms with Gasteiger partial charge in [0.1, 0.15) is 6.54 Å². The first-order chi connectivity index (χ1) is 11.7. The number of benzene rings is 1. The molecule has 9 heteroatoms. The highest BCUT2D eigenvalue weighted by molar-refractivity contribution is 8.00. The first kappa shape index (κ1) is 19.3. The third kappa shape index (κ3) is 4.97. The lowest BCUT2D eigenvalue weighted by molar-refractivity contribution is -0.137. The number of aryl methyl sites for hydroxylation is 1. The van der Waals surface area contributed by atoms with Gasteiger partial charge in [0.25, 0.3) is 0 Å². The fourth-order valence-corrected chi connectivity index (χ4v) is 3.16. The number of thioether (sulfide) groups is 1. The van der Waals surface area contributed by atoms with Crippen molar-refractivity contribution in [1.29, 1.82) is 0 Å². The summed E-state index contributed by atoms with van der Waals surface area (Å²) in [6, 6.07) is 7.72. The van der Waals surface area contributed by atoms with Crippen LogP contribution in [0.4, 0.5) is 13.2 Å². The van der Waals surface area contributed by atoms with Crippen molar-refractivity contribution >= 4 is 17.7 Å².